The largest absolute Gasteiger partial charge is 0.574 e. The first-order valence-electron chi connectivity index (χ1n) is 3.71. The summed E-state index contributed by atoms with van der Waals surface area (Å²) in [7, 11) is 1.49. The third-order valence-corrected chi connectivity index (χ3v) is 1.33. The fraction of sp³-hybridized carbons (Fsp3) is 0.375. The molecule has 0 aliphatic rings. The van der Waals surface area contributed by atoms with Crippen LogP contribution in [-0.4, -0.2) is 18.5 Å². The second kappa shape index (κ2) is 4.28. The molecule has 0 aromatic carbocycles. The van der Waals surface area contributed by atoms with E-state index in [1.807, 2.05) is 0 Å². The van der Waals surface area contributed by atoms with E-state index >= 15 is 0 Å². The normalized spacial score (nSPS) is 11.4. The van der Waals surface area contributed by atoms with Crippen LogP contribution in [0, 0.1) is 0 Å². The first kappa shape index (κ1) is 10.8. The molecular weight excluding hydrogens is 199 g/mol. The molecule has 0 amide bonds. The summed E-state index contributed by atoms with van der Waals surface area (Å²) >= 11 is 0. The molecule has 0 unspecified atom stereocenters. The van der Waals surface area contributed by atoms with Gasteiger partial charge in [-0.3, -0.25) is 0 Å². The van der Waals surface area contributed by atoms with Crippen molar-refractivity contribution in [1.82, 2.24) is 4.98 Å². The molecule has 0 spiro atoms. The van der Waals surface area contributed by atoms with Crippen molar-refractivity contribution in [2.24, 2.45) is 0 Å². The van der Waals surface area contributed by atoms with Gasteiger partial charge in [0, 0.05) is 19.4 Å². The zero-order valence-electron chi connectivity index (χ0n) is 7.34. The van der Waals surface area contributed by atoms with Gasteiger partial charge in [0.1, 0.15) is 0 Å². The summed E-state index contributed by atoms with van der Waals surface area (Å²) < 4.78 is 43.5. The van der Waals surface area contributed by atoms with Crippen molar-refractivity contribution in [1.29, 1.82) is 0 Å². The highest BCUT2D eigenvalue weighted by Gasteiger charge is 2.31. The molecule has 6 heteroatoms. The third-order valence-electron chi connectivity index (χ3n) is 1.33. The molecule has 0 aliphatic heterocycles. The third kappa shape index (κ3) is 3.61. The van der Waals surface area contributed by atoms with Gasteiger partial charge in [0.05, 0.1) is 6.61 Å². The first-order chi connectivity index (χ1) is 6.51. The van der Waals surface area contributed by atoms with Gasteiger partial charge in [-0.05, 0) is 11.6 Å². The number of aromatic nitrogens is 1. The van der Waals surface area contributed by atoms with E-state index in [0.717, 1.165) is 6.07 Å². The molecule has 1 aromatic heterocycles. The molecule has 0 radical (unpaired) electrons. The number of alkyl halides is 3. The number of rotatable bonds is 3. The SMILES string of the molecule is COCc1ccc(OC(F)(F)F)nc1. The maximum Gasteiger partial charge on any atom is 0.574 e. The van der Waals surface area contributed by atoms with Crippen molar-refractivity contribution in [3.63, 3.8) is 0 Å². The van der Waals surface area contributed by atoms with Crippen LogP contribution in [0.3, 0.4) is 0 Å². The van der Waals surface area contributed by atoms with Crippen LogP contribution in [0.2, 0.25) is 0 Å². The van der Waals surface area contributed by atoms with Crippen LogP contribution in [-0.2, 0) is 11.3 Å². The Kier molecular flexibility index (Phi) is 3.29. The van der Waals surface area contributed by atoms with Crippen LogP contribution in [0.25, 0.3) is 0 Å². The maximum absolute atomic E-state index is 11.7. The van der Waals surface area contributed by atoms with E-state index in [-0.39, 0.29) is 0 Å². The average Bonchev–Trinajstić information content (AvgIpc) is 2.06. The summed E-state index contributed by atoms with van der Waals surface area (Å²) in [6.07, 6.45) is -3.43. The molecule has 0 saturated heterocycles. The minimum absolute atomic E-state index is 0.305. The van der Waals surface area contributed by atoms with E-state index in [2.05, 4.69) is 9.72 Å². The molecule has 0 fully saturated rings. The summed E-state index contributed by atoms with van der Waals surface area (Å²) in [5.74, 6) is -0.475. The summed E-state index contributed by atoms with van der Waals surface area (Å²) in [4.78, 5) is 3.46. The zero-order valence-corrected chi connectivity index (χ0v) is 7.34. The van der Waals surface area contributed by atoms with Crippen molar-refractivity contribution in [2.45, 2.75) is 13.0 Å². The van der Waals surface area contributed by atoms with Crippen LogP contribution >= 0.6 is 0 Å². The molecule has 0 bridgehead atoms. The van der Waals surface area contributed by atoms with E-state index in [1.54, 1.807) is 0 Å². The van der Waals surface area contributed by atoms with Crippen molar-refractivity contribution < 1.29 is 22.6 Å². The van der Waals surface area contributed by atoms with Crippen molar-refractivity contribution in [2.75, 3.05) is 7.11 Å². The number of hydrogen-bond acceptors (Lipinski definition) is 3. The van der Waals surface area contributed by atoms with Crippen LogP contribution in [0.4, 0.5) is 13.2 Å². The second-order valence-electron chi connectivity index (χ2n) is 2.49. The van der Waals surface area contributed by atoms with Crippen LogP contribution < -0.4 is 4.74 Å². The molecule has 0 N–H and O–H groups in total. The highest BCUT2D eigenvalue weighted by Crippen LogP contribution is 2.20. The number of hydrogen-bond donors (Lipinski definition) is 0. The van der Waals surface area contributed by atoms with Crippen molar-refractivity contribution >= 4 is 0 Å². The fourth-order valence-corrected chi connectivity index (χ4v) is 0.842. The van der Waals surface area contributed by atoms with Crippen molar-refractivity contribution in [3.05, 3.63) is 23.9 Å². The molecule has 0 aliphatic carbocycles. The predicted molar refractivity (Wildman–Crippen MR) is 41.6 cm³/mol. The van der Waals surface area contributed by atoms with Gasteiger partial charge in [-0.15, -0.1) is 13.2 Å². The molecule has 78 valence electrons. The van der Waals surface area contributed by atoms with E-state index in [1.165, 1.54) is 19.4 Å². The van der Waals surface area contributed by atoms with Gasteiger partial charge < -0.3 is 9.47 Å². The van der Waals surface area contributed by atoms with E-state index in [4.69, 9.17) is 4.74 Å². The lowest BCUT2D eigenvalue weighted by atomic mass is 10.3. The molecule has 1 heterocycles. The Hall–Kier alpha value is -1.30. The van der Waals surface area contributed by atoms with Gasteiger partial charge in [0.15, 0.2) is 0 Å². The van der Waals surface area contributed by atoms with Crippen LogP contribution in [0.15, 0.2) is 18.3 Å². The Morgan fingerprint density at radius 2 is 2.07 bits per heavy atom. The fourth-order valence-electron chi connectivity index (χ4n) is 0.842. The van der Waals surface area contributed by atoms with Gasteiger partial charge in [-0.2, -0.15) is 0 Å². The summed E-state index contributed by atoms with van der Waals surface area (Å²) in [5, 5.41) is 0. The highest BCUT2D eigenvalue weighted by atomic mass is 19.4. The van der Waals surface area contributed by atoms with E-state index < -0.39 is 12.2 Å². The number of pyridine rings is 1. The number of methoxy groups -OCH3 is 1. The molecule has 3 nitrogen and oxygen atoms in total. The van der Waals surface area contributed by atoms with Gasteiger partial charge in [0.25, 0.3) is 0 Å². The van der Waals surface area contributed by atoms with Crippen LogP contribution in [0.1, 0.15) is 5.56 Å². The Balaban J connectivity index is 2.64. The summed E-state index contributed by atoms with van der Waals surface area (Å²) in [5.41, 5.74) is 0.682. The maximum atomic E-state index is 11.7. The van der Waals surface area contributed by atoms with Gasteiger partial charge in [0.2, 0.25) is 5.88 Å². The molecular formula is C8H8F3NO2. The van der Waals surface area contributed by atoms with E-state index in [0.29, 0.717) is 12.2 Å². The Bertz CT molecular complexity index is 284. The predicted octanol–water partition coefficient (Wildman–Crippen LogP) is 2.13. The van der Waals surface area contributed by atoms with Gasteiger partial charge >= 0.3 is 6.36 Å². The Morgan fingerprint density at radius 3 is 2.50 bits per heavy atom. The number of nitrogens with zero attached hydrogens (tertiary/aromatic N) is 1. The Morgan fingerprint density at radius 1 is 1.36 bits per heavy atom. The second-order valence-corrected chi connectivity index (χ2v) is 2.49. The lowest BCUT2D eigenvalue weighted by Gasteiger charge is -2.07. The van der Waals surface area contributed by atoms with Crippen LogP contribution in [0.5, 0.6) is 5.88 Å². The van der Waals surface area contributed by atoms with Gasteiger partial charge in [-0.1, -0.05) is 0 Å². The van der Waals surface area contributed by atoms with Gasteiger partial charge in [-0.25, -0.2) is 4.98 Å². The summed E-state index contributed by atoms with van der Waals surface area (Å²) in [6.45, 7) is 0.305. The minimum atomic E-state index is -4.70. The minimum Gasteiger partial charge on any atom is -0.388 e. The molecule has 0 saturated carbocycles. The Labute approximate surface area is 78.5 Å². The van der Waals surface area contributed by atoms with E-state index in [9.17, 15) is 13.2 Å². The topological polar surface area (TPSA) is 31.4 Å². The smallest absolute Gasteiger partial charge is 0.388 e. The number of halogens is 3. The molecule has 14 heavy (non-hydrogen) atoms. The quantitative estimate of drug-likeness (QED) is 0.760. The standard InChI is InChI=1S/C8H8F3NO2/c1-13-5-6-2-3-7(12-4-6)14-8(9,10)11/h2-4H,5H2,1H3. The lowest BCUT2D eigenvalue weighted by Crippen LogP contribution is -2.17. The average molecular weight is 207 g/mol. The number of ether oxygens (including phenoxy) is 2. The zero-order chi connectivity index (χ0) is 10.6. The summed E-state index contributed by atoms with van der Waals surface area (Å²) in [6, 6.07) is 2.60. The first-order valence-corrected chi connectivity index (χ1v) is 3.71. The monoisotopic (exact) mass is 207 g/mol. The molecule has 1 aromatic rings. The lowest BCUT2D eigenvalue weighted by molar-refractivity contribution is -0.276. The molecule has 1 rings (SSSR count). The van der Waals surface area contributed by atoms with Crippen molar-refractivity contribution in [3.8, 4) is 5.88 Å². The highest BCUT2D eigenvalue weighted by molar-refractivity contribution is 5.17. The molecule has 0 atom stereocenters.